The van der Waals surface area contributed by atoms with Gasteiger partial charge in [0.15, 0.2) is 0 Å². The van der Waals surface area contributed by atoms with Gasteiger partial charge in [0, 0.05) is 29.7 Å². The van der Waals surface area contributed by atoms with Crippen molar-refractivity contribution in [2.24, 2.45) is 4.99 Å². The van der Waals surface area contributed by atoms with Crippen molar-refractivity contribution in [2.45, 2.75) is 113 Å². The average Bonchev–Trinajstić information content (AvgIpc) is 2.59. The molecule has 0 fully saturated rings. The Bertz CT molecular complexity index is 860. The van der Waals surface area contributed by atoms with Gasteiger partial charge in [-0.15, -0.1) is 0 Å². The molecule has 0 aromatic heterocycles. The summed E-state index contributed by atoms with van der Waals surface area (Å²) in [6, 6.07) is 2.62. The Morgan fingerprint density at radius 2 is 0.971 bits per heavy atom. The normalized spacial score (nSPS) is 12.6. The zero-order valence-electron chi connectivity index (χ0n) is 22.6. The third-order valence-electron chi connectivity index (χ3n) is 5.60. The number of halogens is 6. The fraction of sp³-hybridized carbons (Fsp3) is 0.654. The van der Waals surface area contributed by atoms with Crippen LogP contribution >= 0.6 is 0 Å². The first kappa shape index (κ1) is 30.8. The Balaban J connectivity index is 4.54. The zero-order valence-corrected chi connectivity index (χ0v) is 22.6. The van der Waals surface area contributed by atoms with Crippen LogP contribution in [0.4, 0.5) is 26.3 Å². The maximum absolute atomic E-state index is 13.8. The first-order valence-corrected chi connectivity index (χ1v) is 11.8. The number of nitrogens with zero attached hydrogens (tertiary/aromatic N) is 3. The molecular weight excluding hydrogens is 468 g/mol. The number of aryl methyl sites for hydroxylation is 3. The summed E-state index contributed by atoms with van der Waals surface area (Å²) in [7, 11) is 0. The van der Waals surface area contributed by atoms with Crippen LogP contribution in [0.1, 0.15) is 77.6 Å². The molecule has 0 aliphatic rings. The van der Waals surface area contributed by atoms with E-state index in [1.54, 1.807) is 26.0 Å². The van der Waals surface area contributed by atoms with Crippen LogP contribution in [0.3, 0.4) is 0 Å². The minimum Gasteiger partial charge on any atom is -0.352 e. The zero-order chi connectivity index (χ0) is 27.6. The molecule has 1 aromatic carbocycles. The Morgan fingerprint density at radius 3 is 1.23 bits per heavy atom. The van der Waals surface area contributed by atoms with Crippen molar-refractivity contribution >= 4 is 11.4 Å². The second-order valence-electron chi connectivity index (χ2n) is 10.1. The molecule has 0 N–H and O–H groups in total. The molecule has 0 radical (unpaired) electrons. The molecule has 1 aromatic rings. The molecule has 0 saturated heterocycles. The van der Waals surface area contributed by atoms with E-state index in [1.165, 1.54) is 0 Å². The van der Waals surface area contributed by atoms with Crippen molar-refractivity contribution in [1.82, 2.24) is 9.80 Å². The van der Waals surface area contributed by atoms with Crippen LogP contribution < -0.4 is 0 Å². The lowest BCUT2D eigenvalue weighted by Gasteiger charge is -2.45. The number of aliphatic imine (C=N–C) groups is 1. The monoisotopic (exact) mass is 507 g/mol. The summed E-state index contributed by atoms with van der Waals surface area (Å²) in [5, 5.41) is 0. The van der Waals surface area contributed by atoms with Gasteiger partial charge in [-0.3, -0.25) is 0 Å². The molecule has 0 saturated carbocycles. The largest absolute Gasteiger partial charge is 0.438 e. The summed E-state index contributed by atoms with van der Waals surface area (Å²) >= 11 is 0. The minimum absolute atomic E-state index is 0.221. The molecule has 0 spiro atoms. The van der Waals surface area contributed by atoms with E-state index in [1.807, 2.05) is 72.1 Å². The molecule has 9 heteroatoms. The highest BCUT2D eigenvalue weighted by molar-refractivity contribution is 5.98. The summed E-state index contributed by atoms with van der Waals surface area (Å²) in [5.41, 5.74) is -0.847. The van der Waals surface area contributed by atoms with Gasteiger partial charge in [-0.25, -0.2) is 4.99 Å². The van der Waals surface area contributed by atoms with Crippen molar-refractivity contribution in [1.29, 1.82) is 0 Å². The van der Waals surface area contributed by atoms with Crippen LogP contribution in [0.2, 0.25) is 0 Å². The van der Waals surface area contributed by atoms with E-state index in [-0.39, 0.29) is 41.2 Å². The Kier molecular flexibility index (Phi) is 9.91. The van der Waals surface area contributed by atoms with E-state index in [0.717, 1.165) is 5.56 Å². The predicted molar refractivity (Wildman–Crippen MR) is 131 cm³/mol. The smallest absolute Gasteiger partial charge is 0.352 e. The number of rotatable bonds is 8. The fourth-order valence-electron chi connectivity index (χ4n) is 4.72. The quantitative estimate of drug-likeness (QED) is 0.262. The molecule has 0 aliphatic carbocycles. The van der Waals surface area contributed by atoms with E-state index < -0.39 is 18.1 Å². The van der Waals surface area contributed by atoms with Crippen molar-refractivity contribution in [3.05, 3.63) is 40.2 Å². The molecule has 0 heterocycles. The fourth-order valence-corrected chi connectivity index (χ4v) is 4.72. The molecule has 0 atom stereocenters. The number of alkyl halides is 6. The summed E-state index contributed by atoms with van der Waals surface area (Å²) in [5.74, 6) is 0.251. The molecule has 0 bridgehead atoms. The molecule has 0 unspecified atom stereocenters. The summed E-state index contributed by atoms with van der Waals surface area (Å²) < 4.78 is 82.5. The highest BCUT2D eigenvalue weighted by Crippen LogP contribution is 2.38. The van der Waals surface area contributed by atoms with E-state index in [2.05, 4.69) is 4.99 Å². The Morgan fingerprint density at radius 1 is 0.657 bits per heavy atom. The predicted octanol–water partition coefficient (Wildman–Crippen LogP) is 8.04. The lowest BCUT2D eigenvalue weighted by Crippen LogP contribution is -2.48. The van der Waals surface area contributed by atoms with Crippen molar-refractivity contribution in [2.75, 3.05) is 0 Å². The summed E-state index contributed by atoms with van der Waals surface area (Å²) in [4.78, 5) is 7.17. The second kappa shape index (κ2) is 11.2. The van der Waals surface area contributed by atoms with Gasteiger partial charge in [0.25, 0.3) is 0 Å². The van der Waals surface area contributed by atoms with Crippen LogP contribution in [-0.2, 0) is 0 Å². The first-order chi connectivity index (χ1) is 15.7. The minimum atomic E-state index is -5.68. The Labute approximate surface area is 205 Å². The van der Waals surface area contributed by atoms with Gasteiger partial charge in [0.1, 0.15) is 11.5 Å². The molecule has 35 heavy (non-hydrogen) atoms. The number of hydrogen-bond acceptors (Lipinski definition) is 3. The summed E-state index contributed by atoms with van der Waals surface area (Å²) in [6.45, 7) is 20.1. The van der Waals surface area contributed by atoms with Crippen LogP contribution in [0.25, 0.3) is 5.70 Å². The molecule has 0 amide bonds. The molecule has 200 valence electrons. The maximum atomic E-state index is 13.8. The third kappa shape index (κ3) is 7.40. The van der Waals surface area contributed by atoms with E-state index in [0.29, 0.717) is 11.1 Å². The van der Waals surface area contributed by atoms with Gasteiger partial charge in [-0.2, -0.15) is 26.3 Å². The molecular formula is C26H39F6N3. The van der Waals surface area contributed by atoms with Crippen LogP contribution in [-0.4, -0.2) is 52.0 Å². The van der Waals surface area contributed by atoms with Gasteiger partial charge >= 0.3 is 12.4 Å². The van der Waals surface area contributed by atoms with E-state index in [4.69, 9.17) is 0 Å². The van der Waals surface area contributed by atoms with Crippen LogP contribution in [0.5, 0.6) is 0 Å². The topological polar surface area (TPSA) is 18.8 Å². The van der Waals surface area contributed by atoms with Crippen molar-refractivity contribution < 1.29 is 26.3 Å². The standard InChI is InChI=1S/C26H39F6N3/c1-14(2)34(15(3)4)23(35(16(5)6)17(7)8)22(21-19(10)12-18(9)13-20(21)11)33-24(25(27,28)29)26(30,31)32/h12-17H,1-11H3. The third-order valence-corrected chi connectivity index (χ3v) is 5.60. The molecule has 1 rings (SSSR count). The van der Waals surface area contributed by atoms with Gasteiger partial charge in [0.2, 0.25) is 5.71 Å². The first-order valence-electron chi connectivity index (χ1n) is 11.8. The van der Waals surface area contributed by atoms with E-state index in [9.17, 15) is 26.3 Å². The van der Waals surface area contributed by atoms with Crippen molar-refractivity contribution in [3.63, 3.8) is 0 Å². The number of hydrogen-bond donors (Lipinski definition) is 0. The summed E-state index contributed by atoms with van der Waals surface area (Å²) in [6.07, 6.45) is -11.4. The van der Waals surface area contributed by atoms with Gasteiger partial charge in [-0.05, 0) is 87.3 Å². The van der Waals surface area contributed by atoms with Gasteiger partial charge in [-0.1, -0.05) is 17.7 Å². The lowest BCUT2D eigenvalue weighted by molar-refractivity contribution is -0.117. The van der Waals surface area contributed by atoms with E-state index >= 15 is 0 Å². The van der Waals surface area contributed by atoms with Crippen LogP contribution in [0.15, 0.2) is 22.9 Å². The lowest BCUT2D eigenvalue weighted by atomic mass is 9.96. The average molecular weight is 508 g/mol. The van der Waals surface area contributed by atoms with Crippen molar-refractivity contribution in [3.8, 4) is 0 Å². The highest BCUT2D eigenvalue weighted by atomic mass is 19.4. The molecule has 3 nitrogen and oxygen atoms in total. The highest BCUT2D eigenvalue weighted by Gasteiger charge is 2.53. The molecule has 0 aliphatic heterocycles. The van der Waals surface area contributed by atoms with Crippen LogP contribution in [0, 0.1) is 20.8 Å². The Hall–Kier alpha value is -2.19. The SMILES string of the molecule is Cc1cc(C)c(C(N=C(C(F)(F)F)C(F)(F)F)=C(N(C(C)C)C(C)C)N(C(C)C)C(C)C)c(C)c1. The van der Waals surface area contributed by atoms with Gasteiger partial charge < -0.3 is 9.80 Å². The van der Waals surface area contributed by atoms with Gasteiger partial charge in [0.05, 0.1) is 0 Å². The second-order valence-corrected chi connectivity index (χ2v) is 10.1. The maximum Gasteiger partial charge on any atom is 0.438 e. The number of benzene rings is 1.